The number of benzene rings is 2. The lowest BCUT2D eigenvalue weighted by molar-refractivity contribution is -0.274. The smallest absolute Gasteiger partial charge is 0.493 e. The van der Waals surface area contributed by atoms with Gasteiger partial charge < -0.3 is 25.3 Å². The molecule has 3 rings (SSSR count). The number of carbonyl (C=O) groups is 2. The Morgan fingerprint density at radius 1 is 0.973 bits per heavy atom. The van der Waals surface area contributed by atoms with Crippen LogP contribution in [0.15, 0.2) is 48.7 Å². The molecule has 0 atom stereocenters. The van der Waals surface area contributed by atoms with Gasteiger partial charge in [-0.2, -0.15) is 13.2 Å². The molecule has 3 N–H and O–H groups in total. The Balaban J connectivity index is 2.05. The van der Waals surface area contributed by atoms with Gasteiger partial charge in [0.1, 0.15) is 22.8 Å². The fourth-order valence-electron chi connectivity index (χ4n) is 2.96. The van der Waals surface area contributed by atoms with Crippen LogP contribution in [-0.2, 0) is 6.18 Å². The minimum absolute atomic E-state index is 0.0561. The van der Waals surface area contributed by atoms with E-state index >= 15 is 0 Å². The van der Waals surface area contributed by atoms with Crippen molar-refractivity contribution in [3.8, 4) is 23.0 Å². The third-order valence-electron chi connectivity index (χ3n) is 4.50. The predicted octanol–water partition coefficient (Wildman–Crippen LogP) is 5.80. The lowest BCUT2D eigenvalue weighted by atomic mass is 10.1. The van der Waals surface area contributed by atoms with Crippen molar-refractivity contribution in [2.45, 2.75) is 12.5 Å². The van der Waals surface area contributed by atoms with Crippen LogP contribution < -0.4 is 25.3 Å². The molecule has 0 bridgehead atoms. The summed E-state index contributed by atoms with van der Waals surface area (Å²) in [5.74, 6) is -3.84. The van der Waals surface area contributed by atoms with E-state index in [2.05, 4.69) is 15.0 Å². The van der Waals surface area contributed by atoms with Gasteiger partial charge in [-0.15, -0.1) is 13.2 Å². The van der Waals surface area contributed by atoms with Crippen LogP contribution in [0.1, 0.15) is 26.4 Å². The summed E-state index contributed by atoms with van der Waals surface area (Å²) in [6.45, 7) is 0. The van der Waals surface area contributed by atoms with Crippen LogP contribution in [0.4, 0.5) is 32.0 Å². The summed E-state index contributed by atoms with van der Waals surface area (Å²) >= 11 is 5.96. The highest BCUT2D eigenvalue weighted by atomic mass is 35.5. The van der Waals surface area contributed by atoms with Crippen LogP contribution in [0, 0.1) is 0 Å². The van der Waals surface area contributed by atoms with E-state index in [9.17, 15) is 35.9 Å². The molecule has 196 valence electrons. The lowest BCUT2D eigenvalue weighted by Gasteiger charge is -2.18. The minimum Gasteiger partial charge on any atom is -0.493 e. The number of anilines is 1. The fraction of sp³-hybridized carbons (Fsp3) is 0.136. The molecular formula is C22H14ClF6N3O5. The summed E-state index contributed by atoms with van der Waals surface area (Å²) in [6.07, 6.45) is -8.83. The maximum atomic E-state index is 13.5. The van der Waals surface area contributed by atoms with Crippen molar-refractivity contribution >= 4 is 29.1 Å². The lowest BCUT2D eigenvalue weighted by Crippen LogP contribution is -2.18. The van der Waals surface area contributed by atoms with E-state index in [-0.39, 0.29) is 22.9 Å². The Bertz CT molecular complexity index is 1350. The molecule has 0 saturated heterocycles. The average Bonchev–Trinajstić information content (AvgIpc) is 2.78. The SMILES string of the molecule is COc1cc(OC(F)(F)F)ccc1Oc1ccc(C(F)(F)F)c(Cl)c1C(=O)Nc1ccnc(C(N)=O)c1. The molecule has 0 radical (unpaired) electrons. The van der Waals surface area contributed by atoms with E-state index in [1.165, 1.54) is 6.07 Å². The Kier molecular flexibility index (Phi) is 7.71. The molecule has 0 aliphatic carbocycles. The number of ether oxygens (including phenoxy) is 3. The largest absolute Gasteiger partial charge is 0.573 e. The van der Waals surface area contributed by atoms with Gasteiger partial charge in [-0.05, 0) is 36.4 Å². The molecule has 3 aromatic rings. The van der Waals surface area contributed by atoms with E-state index in [0.29, 0.717) is 6.07 Å². The van der Waals surface area contributed by atoms with Crippen LogP contribution in [0.2, 0.25) is 5.02 Å². The average molecular weight is 550 g/mol. The number of alkyl halides is 6. The molecule has 37 heavy (non-hydrogen) atoms. The molecule has 0 aliphatic heterocycles. The number of primary amides is 1. The van der Waals surface area contributed by atoms with Crippen molar-refractivity contribution in [2.75, 3.05) is 12.4 Å². The third kappa shape index (κ3) is 6.73. The van der Waals surface area contributed by atoms with Gasteiger partial charge in [-0.3, -0.25) is 14.6 Å². The second-order valence-corrected chi connectivity index (χ2v) is 7.39. The zero-order chi connectivity index (χ0) is 27.5. The number of aromatic nitrogens is 1. The monoisotopic (exact) mass is 549 g/mol. The maximum Gasteiger partial charge on any atom is 0.573 e. The van der Waals surface area contributed by atoms with Crippen LogP contribution >= 0.6 is 11.6 Å². The number of methoxy groups -OCH3 is 1. The number of amides is 2. The standard InChI is InChI=1S/C22H14ClF6N3O5/c1-35-16-9-11(37-22(27,28)29)2-4-14(16)36-15-5-3-12(21(24,25)26)18(23)17(15)20(34)32-10-6-7-31-13(8-10)19(30)33/h2-9H,1H3,(H2,30,33)(H,31,32,34). The number of rotatable bonds is 7. The summed E-state index contributed by atoms with van der Waals surface area (Å²) in [7, 11) is 1.09. The number of hydrogen-bond donors (Lipinski definition) is 2. The molecule has 1 heterocycles. The summed E-state index contributed by atoms with van der Waals surface area (Å²) in [5, 5.41) is 1.24. The first-order chi connectivity index (χ1) is 17.2. The molecule has 2 amide bonds. The summed E-state index contributed by atoms with van der Waals surface area (Å²) in [6, 6.07) is 6.31. The fourth-order valence-corrected chi connectivity index (χ4v) is 3.31. The molecule has 0 unspecified atom stereocenters. The van der Waals surface area contributed by atoms with Gasteiger partial charge in [0.15, 0.2) is 11.5 Å². The van der Waals surface area contributed by atoms with Gasteiger partial charge in [0, 0.05) is 18.0 Å². The van der Waals surface area contributed by atoms with Crippen molar-refractivity contribution < 1.29 is 50.1 Å². The highest BCUT2D eigenvalue weighted by Crippen LogP contribution is 2.43. The second-order valence-electron chi connectivity index (χ2n) is 7.01. The zero-order valence-corrected chi connectivity index (χ0v) is 19.1. The van der Waals surface area contributed by atoms with Gasteiger partial charge in [-0.25, -0.2) is 0 Å². The number of carbonyl (C=O) groups excluding carboxylic acids is 2. The number of halogens is 7. The van der Waals surface area contributed by atoms with E-state index in [1.807, 2.05) is 0 Å². The van der Waals surface area contributed by atoms with Gasteiger partial charge in [0.25, 0.3) is 11.8 Å². The number of nitrogens with one attached hydrogen (secondary N) is 1. The summed E-state index contributed by atoms with van der Waals surface area (Å²) in [4.78, 5) is 28.0. The van der Waals surface area contributed by atoms with Crippen molar-refractivity contribution in [2.24, 2.45) is 5.73 Å². The van der Waals surface area contributed by atoms with E-state index in [0.717, 1.165) is 43.6 Å². The van der Waals surface area contributed by atoms with Gasteiger partial charge in [0.2, 0.25) is 0 Å². The topological polar surface area (TPSA) is 113 Å². The van der Waals surface area contributed by atoms with E-state index in [1.54, 1.807) is 0 Å². The van der Waals surface area contributed by atoms with E-state index < -0.39 is 52.0 Å². The second kappa shape index (κ2) is 10.4. The van der Waals surface area contributed by atoms with Gasteiger partial charge >= 0.3 is 12.5 Å². The first-order valence-electron chi connectivity index (χ1n) is 9.78. The molecule has 8 nitrogen and oxygen atoms in total. The van der Waals surface area contributed by atoms with Crippen molar-refractivity contribution in [1.29, 1.82) is 0 Å². The Labute approximate surface area is 208 Å². The van der Waals surface area contributed by atoms with Crippen LogP contribution in [-0.4, -0.2) is 30.3 Å². The predicted molar refractivity (Wildman–Crippen MR) is 117 cm³/mol. The summed E-state index contributed by atoms with van der Waals surface area (Å²) < 4.78 is 92.3. The molecule has 0 fully saturated rings. The Morgan fingerprint density at radius 2 is 1.65 bits per heavy atom. The number of nitrogens with two attached hydrogens (primary N) is 1. The summed E-state index contributed by atoms with van der Waals surface area (Å²) in [5.41, 5.74) is 2.71. The highest BCUT2D eigenvalue weighted by Gasteiger charge is 2.37. The first-order valence-corrected chi connectivity index (χ1v) is 10.2. The molecule has 2 aromatic carbocycles. The minimum atomic E-state index is -5.00. The Morgan fingerprint density at radius 3 is 2.24 bits per heavy atom. The van der Waals surface area contributed by atoms with Crippen LogP contribution in [0.3, 0.4) is 0 Å². The molecule has 15 heteroatoms. The quantitative estimate of drug-likeness (QED) is 0.360. The molecule has 0 aliphatic rings. The molecular weight excluding hydrogens is 536 g/mol. The highest BCUT2D eigenvalue weighted by molar-refractivity contribution is 6.35. The molecule has 1 aromatic heterocycles. The third-order valence-corrected chi connectivity index (χ3v) is 4.89. The van der Waals surface area contributed by atoms with Crippen molar-refractivity contribution in [1.82, 2.24) is 4.98 Å². The Hall–Kier alpha value is -4.20. The number of hydrogen-bond acceptors (Lipinski definition) is 6. The van der Waals surface area contributed by atoms with Crippen molar-refractivity contribution in [3.05, 3.63) is 70.5 Å². The molecule has 0 saturated carbocycles. The van der Waals surface area contributed by atoms with Gasteiger partial charge in [-0.1, -0.05) is 11.6 Å². The van der Waals surface area contributed by atoms with Crippen molar-refractivity contribution in [3.63, 3.8) is 0 Å². The maximum absolute atomic E-state index is 13.5. The van der Waals surface area contributed by atoms with E-state index in [4.69, 9.17) is 26.8 Å². The normalized spacial score (nSPS) is 11.6. The van der Waals surface area contributed by atoms with Crippen LogP contribution in [0.5, 0.6) is 23.0 Å². The number of pyridine rings is 1. The number of nitrogens with zero attached hydrogens (tertiary/aromatic N) is 1. The van der Waals surface area contributed by atoms with Crippen LogP contribution in [0.25, 0.3) is 0 Å². The first kappa shape index (κ1) is 27.4. The van der Waals surface area contributed by atoms with Gasteiger partial charge in [0.05, 0.1) is 17.7 Å². The molecule has 0 spiro atoms. The zero-order valence-electron chi connectivity index (χ0n) is 18.3.